The zero-order chi connectivity index (χ0) is 12.1. The number of hydrogen-bond donors (Lipinski definition) is 1. The van der Waals surface area contributed by atoms with Crippen LogP contribution >= 0.6 is 0 Å². The van der Waals surface area contributed by atoms with E-state index in [1.807, 2.05) is 25.3 Å². The fourth-order valence-corrected chi connectivity index (χ4v) is 2.50. The van der Waals surface area contributed by atoms with Gasteiger partial charge in [0.15, 0.2) is 0 Å². The molecule has 0 radical (unpaired) electrons. The Kier molecular flexibility index (Phi) is 3.83. The Balaban J connectivity index is 2.21. The number of terminal acetylenes is 1. The van der Waals surface area contributed by atoms with E-state index < -0.39 is 0 Å². The van der Waals surface area contributed by atoms with E-state index in [2.05, 4.69) is 17.3 Å². The first-order valence-corrected chi connectivity index (χ1v) is 6.10. The van der Waals surface area contributed by atoms with Crippen molar-refractivity contribution >= 4 is 0 Å². The summed E-state index contributed by atoms with van der Waals surface area (Å²) in [5.74, 6) is 2.76. The Bertz CT molecular complexity index is 413. The summed E-state index contributed by atoms with van der Waals surface area (Å²) >= 11 is 0. The van der Waals surface area contributed by atoms with Gasteiger partial charge in [0.2, 0.25) is 0 Å². The van der Waals surface area contributed by atoms with Crippen LogP contribution in [0.15, 0.2) is 24.3 Å². The van der Waals surface area contributed by atoms with Crippen LogP contribution in [0.5, 0.6) is 0 Å². The van der Waals surface area contributed by atoms with Crippen molar-refractivity contribution in [2.75, 3.05) is 20.2 Å². The molecule has 2 rings (SSSR count). The van der Waals surface area contributed by atoms with Crippen molar-refractivity contribution < 1.29 is 4.74 Å². The number of benzene rings is 1. The molecule has 2 nitrogen and oxygen atoms in total. The van der Waals surface area contributed by atoms with Gasteiger partial charge in [0.05, 0.1) is 5.60 Å². The molecule has 0 unspecified atom stereocenters. The van der Waals surface area contributed by atoms with E-state index in [-0.39, 0.29) is 5.60 Å². The summed E-state index contributed by atoms with van der Waals surface area (Å²) in [5.41, 5.74) is 2.17. The first kappa shape index (κ1) is 12.2. The molecule has 0 aliphatic carbocycles. The van der Waals surface area contributed by atoms with Crippen molar-refractivity contribution in [2.45, 2.75) is 24.9 Å². The number of rotatable bonds is 3. The lowest BCUT2D eigenvalue weighted by atomic mass is 9.84. The summed E-state index contributed by atoms with van der Waals surface area (Å²) in [7, 11) is 1.81. The average Bonchev–Trinajstić information content (AvgIpc) is 2.40. The zero-order valence-electron chi connectivity index (χ0n) is 10.3. The van der Waals surface area contributed by atoms with E-state index in [1.165, 1.54) is 5.56 Å². The molecule has 0 amide bonds. The molecule has 1 heterocycles. The predicted octanol–water partition coefficient (Wildman–Crippen LogP) is 1.98. The summed E-state index contributed by atoms with van der Waals surface area (Å²) in [6.07, 6.45) is 8.53. The van der Waals surface area contributed by atoms with Gasteiger partial charge in [0.1, 0.15) is 0 Å². The third kappa shape index (κ3) is 2.69. The molecule has 0 saturated carbocycles. The SMILES string of the molecule is C#Cc1ccccc1CC1(OC)CCNCC1. The number of piperidine rings is 1. The summed E-state index contributed by atoms with van der Waals surface area (Å²) in [6.45, 7) is 2.04. The Morgan fingerprint density at radius 2 is 2.06 bits per heavy atom. The van der Waals surface area contributed by atoms with Crippen molar-refractivity contribution in [3.8, 4) is 12.3 Å². The Labute approximate surface area is 103 Å². The maximum absolute atomic E-state index is 5.77. The van der Waals surface area contributed by atoms with E-state index in [0.717, 1.165) is 37.9 Å². The highest BCUT2D eigenvalue weighted by Crippen LogP contribution is 2.28. The molecule has 1 aromatic carbocycles. The van der Waals surface area contributed by atoms with Crippen LogP contribution in [0, 0.1) is 12.3 Å². The lowest BCUT2D eigenvalue weighted by Crippen LogP contribution is -2.45. The number of methoxy groups -OCH3 is 1. The van der Waals surface area contributed by atoms with E-state index in [4.69, 9.17) is 11.2 Å². The molecule has 1 aliphatic rings. The molecule has 1 N–H and O–H groups in total. The number of hydrogen-bond acceptors (Lipinski definition) is 2. The zero-order valence-corrected chi connectivity index (χ0v) is 10.3. The van der Waals surface area contributed by atoms with Gasteiger partial charge < -0.3 is 10.1 Å². The molecule has 17 heavy (non-hydrogen) atoms. The lowest BCUT2D eigenvalue weighted by molar-refractivity contribution is -0.0334. The Hall–Kier alpha value is -1.30. The highest BCUT2D eigenvalue weighted by atomic mass is 16.5. The third-order valence-corrected chi connectivity index (χ3v) is 3.63. The van der Waals surface area contributed by atoms with Gasteiger partial charge in [-0.05, 0) is 37.6 Å². The first-order valence-electron chi connectivity index (χ1n) is 6.10. The minimum absolute atomic E-state index is 0.0434. The van der Waals surface area contributed by atoms with E-state index in [1.54, 1.807) is 0 Å². The van der Waals surface area contributed by atoms with Gasteiger partial charge in [0.25, 0.3) is 0 Å². The third-order valence-electron chi connectivity index (χ3n) is 3.63. The minimum Gasteiger partial charge on any atom is -0.378 e. The van der Waals surface area contributed by atoms with E-state index >= 15 is 0 Å². The van der Waals surface area contributed by atoms with Crippen molar-refractivity contribution in [3.63, 3.8) is 0 Å². The van der Waals surface area contributed by atoms with Crippen molar-refractivity contribution in [2.24, 2.45) is 0 Å². The van der Waals surface area contributed by atoms with Crippen molar-refractivity contribution in [1.29, 1.82) is 0 Å². The molecular weight excluding hydrogens is 210 g/mol. The molecule has 0 spiro atoms. The van der Waals surface area contributed by atoms with E-state index in [9.17, 15) is 0 Å². The minimum atomic E-state index is -0.0434. The number of nitrogens with one attached hydrogen (secondary N) is 1. The van der Waals surface area contributed by atoms with Gasteiger partial charge in [-0.15, -0.1) is 6.42 Å². The maximum Gasteiger partial charge on any atom is 0.0743 e. The standard InChI is InChI=1S/C15H19NO/c1-3-13-6-4-5-7-14(13)12-15(17-2)8-10-16-11-9-15/h1,4-7,16H,8-12H2,2H3. The molecule has 1 aliphatic heterocycles. The Morgan fingerprint density at radius 1 is 1.35 bits per heavy atom. The highest BCUT2D eigenvalue weighted by Gasteiger charge is 2.32. The second kappa shape index (κ2) is 5.35. The van der Waals surface area contributed by atoms with Gasteiger partial charge in [-0.3, -0.25) is 0 Å². The van der Waals surface area contributed by atoms with Crippen LogP contribution in [-0.2, 0) is 11.2 Å². The average molecular weight is 229 g/mol. The van der Waals surface area contributed by atoms with Crippen LogP contribution in [0.2, 0.25) is 0 Å². The van der Waals surface area contributed by atoms with Crippen LogP contribution in [-0.4, -0.2) is 25.8 Å². The summed E-state index contributed by atoms with van der Waals surface area (Å²) in [5, 5.41) is 3.37. The van der Waals surface area contributed by atoms with Crippen molar-refractivity contribution in [3.05, 3.63) is 35.4 Å². The van der Waals surface area contributed by atoms with Crippen LogP contribution in [0.1, 0.15) is 24.0 Å². The van der Waals surface area contributed by atoms with Crippen LogP contribution in [0.3, 0.4) is 0 Å². The summed E-state index contributed by atoms with van der Waals surface area (Å²) in [4.78, 5) is 0. The van der Waals surface area contributed by atoms with Crippen LogP contribution in [0.4, 0.5) is 0 Å². The second-order valence-electron chi connectivity index (χ2n) is 4.62. The molecule has 90 valence electrons. The van der Waals surface area contributed by atoms with E-state index in [0.29, 0.717) is 0 Å². The monoisotopic (exact) mass is 229 g/mol. The fraction of sp³-hybridized carbons (Fsp3) is 0.467. The second-order valence-corrected chi connectivity index (χ2v) is 4.62. The smallest absolute Gasteiger partial charge is 0.0743 e. The Morgan fingerprint density at radius 3 is 2.71 bits per heavy atom. The van der Waals surface area contributed by atoms with Crippen molar-refractivity contribution in [1.82, 2.24) is 5.32 Å². The quantitative estimate of drug-likeness (QED) is 0.800. The molecule has 2 heteroatoms. The molecule has 1 aromatic rings. The molecule has 0 atom stereocenters. The van der Waals surface area contributed by atoms with Gasteiger partial charge in [-0.2, -0.15) is 0 Å². The van der Waals surface area contributed by atoms with Crippen LogP contribution < -0.4 is 5.32 Å². The number of ether oxygens (including phenoxy) is 1. The van der Waals surface area contributed by atoms with Crippen LogP contribution in [0.25, 0.3) is 0 Å². The highest BCUT2D eigenvalue weighted by molar-refractivity contribution is 5.40. The van der Waals surface area contributed by atoms with Gasteiger partial charge in [-0.1, -0.05) is 24.1 Å². The van der Waals surface area contributed by atoms with Gasteiger partial charge in [-0.25, -0.2) is 0 Å². The predicted molar refractivity (Wildman–Crippen MR) is 69.9 cm³/mol. The largest absolute Gasteiger partial charge is 0.378 e. The van der Waals surface area contributed by atoms with Gasteiger partial charge in [0, 0.05) is 19.1 Å². The maximum atomic E-state index is 5.77. The molecular formula is C15H19NO. The summed E-state index contributed by atoms with van der Waals surface area (Å²) < 4.78 is 5.77. The molecule has 1 saturated heterocycles. The summed E-state index contributed by atoms with van der Waals surface area (Å²) in [6, 6.07) is 8.14. The molecule has 0 bridgehead atoms. The fourth-order valence-electron chi connectivity index (χ4n) is 2.50. The first-order chi connectivity index (χ1) is 8.29. The topological polar surface area (TPSA) is 21.3 Å². The molecule has 1 fully saturated rings. The van der Waals surface area contributed by atoms with Gasteiger partial charge >= 0.3 is 0 Å². The normalized spacial score (nSPS) is 18.6. The molecule has 0 aromatic heterocycles. The lowest BCUT2D eigenvalue weighted by Gasteiger charge is -2.36.